The van der Waals surface area contributed by atoms with Gasteiger partial charge in [-0.2, -0.15) is 0 Å². The zero-order valence-corrected chi connectivity index (χ0v) is 17.7. The maximum absolute atomic E-state index is 12.5. The van der Waals surface area contributed by atoms with Gasteiger partial charge in [0.15, 0.2) is 5.82 Å². The lowest BCUT2D eigenvalue weighted by Crippen LogP contribution is -2.45. The number of aromatic nitrogens is 4. The molecule has 30 heavy (non-hydrogen) atoms. The van der Waals surface area contributed by atoms with Crippen molar-refractivity contribution >= 4 is 11.6 Å². The van der Waals surface area contributed by atoms with E-state index in [0.29, 0.717) is 19.5 Å². The van der Waals surface area contributed by atoms with Crippen molar-refractivity contribution in [2.45, 2.75) is 45.3 Å². The highest BCUT2D eigenvalue weighted by Crippen LogP contribution is 2.21. The number of rotatable bonds is 7. The molecule has 1 aromatic carbocycles. The van der Waals surface area contributed by atoms with Crippen LogP contribution in [0.4, 0.5) is 5.69 Å². The minimum Gasteiger partial charge on any atom is -0.379 e. The summed E-state index contributed by atoms with van der Waals surface area (Å²) >= 11 is 0. The summed E-state index contributed by atoms with van der Waals surface area (Å²) in [6, 6.07) is 8.84. The van der Waals surface area contributed by atoms with Gasteiger partial charge >= 0.3 is 0 Å². The highest BCUT2D eigenvalue weighted by molar-refractivity contribution is 5.76. The Morgan fingerprint density at radius 3 is 2.77 bits per heavy atom. The minimum absolute atomic E-state index is 0.0665. The standard InChI is InChI=1S/C21H31N7O2/c1-17-3-2-4-19(15-17)27-8-5-18(6-9-27)22-21(29)7-10-28-20(23-24-25-28)16-26-11-13-30-14-12-26/h2-4,15,18H,5-14,16H2,1H3,(H,22,29). The molecule has 0 bridgehead atoms. The van der Waals surface area contributed by atoms with Gasteiger partial charge in [-0.15, -0.1) is 5.10 Å². The first-order valence-corrected chi connectivity index (χ1v) is 10.8. The average molecular weight is 414 g/mol. The van der Waals surface area contributed by atoms with E-state index >= 15 is 0 Å². The Hall–Kier alpha value is -2.52. The normalized spacial score (nSPS) is 18.5. The zero-order valence-electron chi connectivity index (χ0n) is 17.7. The van der Waals surface area contributed by atoms with Crippen molar-refractivity contribution in [3.8, 4) is 0 Å². The monoisotopic (exact) mass is 413 g/mol. The lowest BCUT2D eigenvalue weighted by atomic mass is 10.0. The van der Waals surface area contributed by atoms with Crippen molar-refractivity contribution < 1.29 is 9.53 Å². The molecule has 162 valence electrons. The number of morpholine rings is 1. The number of benzene rings is 1. The number of hydrogen-bond donors (Lipinski definition) is 1. The Bertz CT molecular complexity index is 826. The first kappa shape index (κ1) is 20.7. The van der Waals surface area contributed by atoms with Crippen molar-refractivity contribution in [2.75, 3.05) is 44.3 Å². The number of carbonyl (C=O) groups excluding carboxylic acids is 1. The van der Waals surface area contributed by atoms with Gasteiger partial charge in [0.25, 0.3) is 0 Å². The summed E-state index contributed by atoms with van der Waals surface area (Å²) in [6.07, 6.45) is 2.32. The summed E-state index contributed by atoms with van der Waals surface area (Å²) in [6.45, 7) is 8.49. The van der Waals surface area contributed by atoms with Gasteiger partial charge in [-0.3, -0.25) is 9.69 Å². The molecule has 0 saturated carbocycles. The molecule has 0 atom stereocenters. The number of piperidine rings is 1. The van der Waals surface area contributed by atoms with Crippen molar-refractivity contribution in [3.63, 3.8) is 0 Å². The summed E-state index contributed by atoms with van der Waals surface area (Å²) in [7, 11) is 0. The topological polar surface area (TPSA) is 88.4 Å². The van der Waals surface area contributed by atoms with Crippen LogP contribution >= 0.6 is 0 Å². The summed E-state index contributed by atoms with van der Waals surface area (Å²) in [4.78, 5) is 17.1. The van der Waals surface area contributed by atoms with E-state index in [1.807, 2.05) is 0 Å². The molecule has 2 fully saturated rings. The van der Waals surface area contributed by atoms with Crippen molar-refractivity contribution in [2.24, 2.45) is 0 Å². The van der Waals surface area contributed by atoms with Crippen LogP contribution < -0.4 is 10.2 Å². The summed E-state index contributed by atoms with van der Waals surface area (Å²) in [5, 5.41) is 15.2. The van der Waals surface area contributed by atoms with E-state index in [2.05, 4.69) is 61.8 Å². The lowest BCUT2D eigenvalue weighted by Gasteiger charge is -2.34. The summed E-state index contributed by atoms with van der Waals surface area (Å²) < 4.78 is 7.13. The van der Waals surface area contributed by atoms with E-state index in [-0.39, 0.29) is 11.9 Å². The van der Waals surface area contributed by atoms with E-state index in [0.717, 1.165) is 58.1 Å². The molecule has 0 aliphatic carbocycles. The molecule has 1 N–H and O–H groups in total. The van der Waals surface area contributed by atoms with Gasteiger partial charge in [0.05, 0.1) is 26.3 Å². The van der Waals surface area contributed by atoms with E-state index in [4.69, 9.17) is 4.74 Å². The van der Waals surface area contributed by atoms with E-state index in [1.165, 1.54) is 11.3 Å². The minimum atomic E-state index is 0.0665. The molecule has 3 heterocycles. The second kappa shape index (κ2) is 9.99. The largest absolute Gasteiger partial charge is 0.379 e. The molecule has 0 spiro atoms. The van der Waals surface area contributed by atoms with E-state index in [9.17, 15) is 4.79 Å². The van der Waals surface area contributed by atoms with Crippen LogP contribution in [0.15, 0.2) is 24.3 Å². The molecule has 4 rings (SSSR count). The highest BCUT2D eigenvalue weighted by Gasteiger charge is 2.21. The molecular weight excluding hydrogens is 382 g/mol. The molecule has 2 aliphatic heterocycles. The number of amides is 1. The SMILES string of the molecule is Cc1cccc(N2CCC(NC(=O)CCn3nnnc3CN3CCOCC3)CC2)c1. The van der Waals surface area contributed by atoms with Crippen LogP contribution in [-0.4, -0.2) is 76.4 Å². The maximum atomic E-state index is 12.5. The summed E-state index contributed by atoms with van der Waals surface area (Å²) in [5.41, 5.74) is 2.55. The van der Waals surface area contributed by atoms with Gasteiger partial charge in [-0.25, -0.2) is 4.68 Å². The zero-order chi connectivity index (χ0) is 20.8. The Morgan fingerprint density at radius 1 is 1.20 bits per heavy atom. The van der Waals surface area contributed by atoms with Crippen molar-refractivity contribution in [1.29, 1.82) is 0 Å². The number of tetrazole rings is 1. The third kappa shape index (κ3) is 5.54. The van der Waals surface area contributed by atoms with Gasteiger partial charge in [-0.1, -0.05) is 12.1 Å². The van der Waals surface area contributed by atoms with Gasteiger partial charge in [0.2, 0.25) is 5.91 Å². The average Bonchev–Trinajstić information content (AvgIpc) is 3.20. The van der Waals surface area contributed by atoms with E-state index < -0.39 is 0 Å². The second-order valence-corrected chi connectivity index (χ2v) is 8.12. The number of ether oxygens (including phenoxy) is 1. The molecular formula is C21H31N7O2. The Morgan fingerprint density at radius 2 is 2.00 bits per heavy atom. The molecule has 0 radical (unpaired) electrons. The Labute approximate surface area is 177 Å². The number of nitrogens with one attached hydrogen (secondary N) is 1. The lowest BCUT2D eigenvalue weighted by molar-refractivity contribution is -0.122. The first-order valence-electron chi connectivity index (χ1n) is 10.8. The first-order chi connectivity index (χ1) is 14.7. The van der Waals surface area contributed by atoms with Crippen molar-refractivity contribution in [3.05, 3.63) is 35.7 Å². The van der Waals surface area contributed by atoms with Gasteiger partial charge in [0, 0.05) is 44.3 Å². The second-order valence-electron chi connectivity index (χ2n) is 8.12. The fourth-order valence-electron chi connectivity index (χ4n) is 4.08. The molecule has 2 aromatic rings. The van der Waals surface area contributed by atoms with Crippen LogP contribution in [0.1, 0.15) is 30.7 Å². The predicted molar refractivity (Wildman–Crippen MR) is 113 cm³/mol. The fourth-order valence-corrected chi connectivity index (χ4v) is 4.08. The molecule has 2 saturated heterocycles. The van der Waals surface area contributed by atoms with Crippen LogP contribution in [0.5, 0.6) is 0 Å². The summed E-state index contributed by atoms with van der Waals surface area (Å²) in [5.74, 6) is 0.869. The Kier molecular flexibility index (Phi) is 6.91. The van der Waals surface area contributed by atoms with Crippen LogP contribution in [0.3, 0.4) is 0 Å². The van der Waals surface area contributed by atoms with Crippen LogP contribution in [0, 0.1) is 6.92 Å². The fraction of sp³-hybridized carbons (Fsp3) is 0.619. The highest BCUT2D eigenvalue weighted by atomic mass is 16.5. The number of aryl methyl sites for hydroxylation is 2. The molecule has 1 amide bonds. The predicted octanol–water partition coefficient (Wildman–Crippen LogP) is 0.989. The third-order valence-electron chi connectivity index (χ3n) is 5.85. The molecule has 2 aliphatic rings. The van der Waals surface area contributed by atoms with Crippen LogP contribution in [0.2, 0.25) is 0 Å². The number of nitrogens with zero attached hydrogens (tertiary/aromatic N) is 6. The molecule has 0 unspecified atom stereocenters. The van der Waals surface area contributed by atoms with Crippen LogP contribution in [-0.2, 0) is 22.6 Å². The number of carbonyl (C=O) groups is 1. The van der Waals surface area contributed by atoms with E-state index in [1.54, 1.807) is 4.68 Å². The van der Waals surface area contributed by atoms with Gasteiger partial charge < -0.3 is 15.0 Å². The quantitative estimate of drug-likeness (QED) is 0.724. The van der Waals surface area contributed by atoms with Gasteiger partial charge in [0.1, 0.15) is 0 Å². The number of anilines is 1. The van der Waals surface area contributed by atoms with Crippen LogP contribution in [0.25, 0.3) is 0 Å². The molecule has 9 heteroatoms. The maximum Gasteiger partial charge on any atom is 0.222 e. The third-order valence-corrected chi connectivity index (χ3v) is 5.85. The van der Waals surface area contributed by atoms with Gasteiger partial charge in [-0.05, 0) is 47.9 Å². The molecule has 1 aromatic heterocycles. The Balaban J connectivity index is 1.20. The number of hydrogen-bond acceptors (Lipinski definition) is 7. The molecule has 9 nitrogen and oxygen atoms in total. The van der Waals surface area contributed by atoms with Crippen molar-refractivity contribution in [1.82, 2.24) is 30.4 Å². The smallest absolute Gasteiger partial charge is 0.222 e.